The number of nitrogens with one attached hydrogen (secondary N) is 1. The van der Waals surface area contributed by atoms with Crippen LogP contribution in [0.4, 0.5) is 13.2 Å². The van der Waals surface area contributed by atoms with Gasteiger partial charge >= 0.3 is 6.18 Å². The number of furan rings is 1. The van der Waals surface area contributed by atoms with Gasteiger partial charge in [0.1, 0.15) is 12.4 Å². The lowest BCUT2D eigenvalue weighted by Crippen LogP contribution is -2.12. The third-order valence-corrected chi connectivity index (χ3v) is 1.97. The predicted molar refractivity (Wildman–Crippen MR) is 51.8 cm³/mol. The van der Waals surface area contributed by atoms with E-state index in [0.717, 1.165) is 5.56 Å². The molecule has 1 aromatic rings. The Morgan fingerprint density at radius 2 is 2.19 bits per heavy atom. The van der Waals surface area contributed by atoms with Gasteiger partial charge in [-0.2, -0.15) is 13.2 Å². The Kier molecular flexibility index (Phi) is 4.82. The molecule has 1 aromatic heterocycles. The normalized spacial score (nSPS) is 12.0. The molecule has 6 heteroatoms. The first kappa shape index (κ1) is 13.1. The van der Waals surface area contributed by atoms with Crippen LogP contribution in [0.15, 0.2) is 16.7 Å². The molecule has 0 aliphatic heterocycles. The molecular weight excluding hydrogens is 223 g/mol. The highest BCUT2D eigenvalue weighted by Crippen LogP contribution is 2.19. The minimum atomic E-state index is -4.17. The Hall–Kier alpha value is -1.01. The van der Waals surface area contributed by atoms with Crippen molar-refractivity contribution >= 4 is 0 Å². The maximum Gasteiger partial charge on any atom is 0.391 e. The van der Waals surface area contributed by atoms with Gasteiger partial charge < -0.3 is 14.5 Å². The van der Waals surface area contributed by atoms with Gasteiger partial charge in [0.15, 0.2) is 0 Å². The molecule has 0 saturated heterocycles. The van der Waals surface area contributed by atoms with Gasteiger partial charge in [-0.15, -0.1) is 0 Å². The molecule has 0 aromatic carbocycles. The second kappa shape index (κ2) is 5.91. The number of hydrogen-bond acceptors (Lipinski definition) is 3. The van der Waals surface area contributed by atoms with E-state index in [-0.39, 0.29) is 13.2 Å². The fraction of sp³-hybridized carbons (Fsp3) is 0.600. The van der Waals surface area contributed by atoms with E-state index in [1.54, 1.807) is 13.1 Å². The molecular formula is C10H14F3NO2. The van der Waals surface area contributed by atoms with Crippen LogP contribution in [0.3, 0.4) is 0 Å². The van der Waals surface area contributed by atoms with Crippen molar-refractivity contribution in [1.29, 1.82) is 0 Å². The molecule has 0 radical (unpaired) electrons. The lowest BCUT2D eigenvalue weighted by atomic mass is 10.2. The van der Waals surface area contributed by atoms with Gasteiger partial charge in [-0.05, 0) is 13.1 Å². The summed E-state index contributed by atoms with van der Waals surface area (Å²) in [6.45, 7) is 0.331. The van der Waals surface area contributed by atoms with Gasteiger partial charge in [0, 0.05) is 12.1 Å². The number of ether oxygens (including phenoxy) is 1. The Bertz CT molecular complexity index is 309. The fourth-order valence-electron chi connectivity index (χ4n) is 1.19. The molecule has 0 amide bonds. The summed E-state index contributed by atoms with van der Waals surface area (Å²) in [6.07, 6.45) is -3.61. The van der Waals surface area contributed by atoms with E-state index >= 15 is 0 Å². The van der Waals surface area contributed by atoms with Crippen molar-refractivity contribution < 1.29 is 22.3 Å². The van der Waals surface area contributed by atoms with Crippen LogP contribution < -0.4 is 5.32 Å². The summed E-state index contributed by atoms with van der Waals surface area (Å²) in [7, 11) is 1.78. The molecule has 0 bridgehead atoms. The molecule has 1 heterocycles. The molecule has 0 aliphatic carbocycles. The van der Waals surface area contributed by atoms with Crippen LogP contribution >= 0.6 is 0 Å². The van der Waals surface area contributed by atoms with Gasteiger partial charge in [0.05, 0.1) is 19.3 Å². The summed E-state index contributed by atoms with van der Waals surface area (Å²) in [6, 6.07) is 1.76. The molecule has 1 N–H and O–H groups in total. The first-order valence-corrected chi connectivity index (χ1v) is 4.87. The molecule has 0 atom stereocenters. The second-order valence-electron chi connectivity index (χ2n) is 3.32. The summed E-state index contributed by atoms with van der Waals surface area (Å²) in [4.78, 5) is 0. The van der Waals surface area contributed by atoms with E-state index in [9.17, 15) is 13.2 Å². The molecule has 16 heavy (non-hydrogen) atoms. The number of halogens is 3. The number of hydrogen-bond donors (Lipinski definition) is 1. The fourth-order valence-corrected chi connectivity index (χ4v) is 1.19. The van der Waals surface area contributed by atoms with E-state index < -0.39 is 12.6 Å². The summed E-state index contributed by atoms with van der Waals surface area (Å²) in [5.41, 5.74) is 0.898. The van der Waals surface area contributed by atoms with Crippen molar-refractivity contribution in [2.24, 2.45) is 0 Å². The predicted octanol–water partition coefficient (Wildman–Crippen LogP) is 2.47. The molecule has 0 saturated carbocycles. The van der Waals surface area contributed by atoms with Crippen molar-refractivity contribution in [3.05, 3.63) is 23.7 Å². The van der Waals surface area contributed by atoms with Crippen LogP contribution in [0.5, 0.6) is 0 Å². The zero-order chi connectivity index (χ0) is 12.0. The minimum absolute atomic E-state index is 0.0695. The highest BCUT2D eigenvalue weighted by Gasteiger charge is 2.26. The molecule has 92 valence electrons. The van der Waals surface area contributed by atoms with Crippen molar-refractivity contribution in [2.75, 3.05) is 13.7 Å². The number of rotatable bonds is 6. The Morgan fingerprint density at radius 3 is 2.81 bits per heavy atom. The highest BCUT2D eigenvalue weighted by molar-refractivity contribution is 5.15. The Morgan fingerprint density at radius 1 is 1.44 bits per heavy atom. The van der Waals surface area contributed by atoms with Crippen molar-refractivity contribution in [2.45, 2.75) is 25.7 Å². The van der Waals surface area contributed by atoms with Gasteiger partial charge in [-0.1, -0.05) is 0 Å². The Balaban J connectivity index is 2.29. The van der Waals surface area contributed by atoms with Gasteiger partial charge in [0.2, 0.25) is 0 Å². The third-order valence-electron chi connectivity index (χ3n) is 1.97. The zero-order valence-corrected chi connectivity index (χ0v) is 8.93. The highest BCUT2D eigenvalue weighted by atomic mass is 19.4. The van der Waals surface area contributed by atoms with E-state index in [4.69, 9.17) is 9.15 Å². The second-order valence-corrected chi connectivity index (χ2v) is 3.32. The molecule has 0 fully saturated rings. The van der Waals surface area contributed by atoms with Gasteiger partial charge in [-0.25, -0.2) is 0 Å². The van der Waals surface area contributed by atoms with Crippen molar-refractivity contribution in [3.8, 4) is 0 Å². The van der Waals surface area contributed by atoms with Crippen LogP contribution in [0.1, 0.15) is 17.7 Å². The van der Waals surface area contributed by atoms with Crippen LogP contribution in [0.2, 0.25) is 0 Å². The summed E-state index contributed by atoms with van der Waals surface area (Å²) in [5, 5.41) is 2.93. The SMILES string of the molecule is CNCc1ccoc1COCCC(F)(F)F. The molecule has 3 nitrogen and oxygen atoms in total. The lowest BCUT2D eigenvalue weighted by Gasteiger charge is -2.07. The standard InChI is InChI=1S/C10H14F3NO2/c1-14-6-8-2-4-16-9(8)7-15-5-3-10(11,12)13/h2,4,14H,3,5-7H2,1H3. The van der Waals surface area contributed by atoms with E-state index in [2.05, 4.69) is 5.32 Å². The first-order valence-electron chi connectivity index (χ1n) is 4.87. The topological polar surface area (TPSA) is 34.4 Å². The monoisotopic (exact) mass is 237 g/mol. The summed E-state index contributed by atoms with van der Waals surface area (Å²) >= 11 is 0. The van der Waals surface area contributed by atoms with Crippen molar-refractivity contribution in [3.63, 3.8) is 0 Å². The van der Waals surface area contributed by atoms with E-state index in [1.165, 1.54) is 6.26 Å². The van der Waals surface area contributed by atoms with E-state index in [1.807, 2.05) is 0 Å². The van der Waals surface area contributed by atoms with Crippen LogP contribution in [-0.4, -0.2) is 19.8 Å². The van der Waals surface area contributed by atoms with Crippen LogP contribution in [-0.2, 0) is 17.9 Å². The zero-order valence-electron chi connectivity index (χ0n) is 8.93. The van der Waals surface area contributed by atoms with Crippen LogP contribution in [0, 0.1) is 0 Å². The third kappa shape index (κ3) is 4.67. The minimum Gasteiger partial charge on any atom is -0.467 e. The van der Waals surface area contributed by atoms with Gasteiger partial charge in [0.25, 0.3) is 0 Å². The number of alkyl halides is 3. The maximum absolute atomic E-state index is 11.8. The van der Waals surface area contributed by atoms with Gasteiger partial charge in [-0.3, -0.25) is 0 Å². The molecule has 0 unspecified atom stereocenters. The molecule has 0 aliphatic rings. The first-order chi connectivity index (χ1) is 7.53. The molecule has 0 spiro atoms. The summed E-state index contributed by atoms with van der Waals surface area (Å²) < 4.78 is 45.4. The largest absolute Gasteiger partial charge is 0.467 e. The average molecular weight is 237 g/mol. The van der Waals surface area contributed by atoms with E-state index in [0.29, 0.717) is 12.3 Å². The maximum atomic E-state index is 11.8. The van der Waals surface area contributed by atoms with Crippen molar-refractivity contribution in [1.82, 2.24) is 5.32 Å². The quantitative estimate of drug-likeness (QED) is 0.772. The lowest BCUT2D eigenvalue weighted by molar-refractivity contribution is -0.146. The van der Waals surface area contributed by atoms with Crippen LogP contribution in [0.25, 0.3) is 0 Å². The Labute approximate surface area is 91.6 Å². The smallest absolute Gasteiger partial charge is 0.391 e. The average Bonchev–Trinajstić information content (AvgIpc) is 2.60. The summed E-state index contributed by atoms with van der Waals surface area (Å²) in [5.74, 6) is 0.566. The molecule has 1 rings (SSSR count).